The number of hydrogen-bond donors (Lipinski definition) is 1. The molecule has 9 heteroatoms. The van der Waals surface area contributed by atoms with Crippen LogP contribution >= 0.6 is 11.6 Å². The topological polar surface area (TPSA) is 93.2 Å². The third-order valence-electron chi connectivity index (χ3n) is 2.93. The van der Waals surface area contributed by atoms with Gasteiger partial charge in [-0.25, -0.2) is 21.8 Å². The minimum absolute atomic E-state index is 0.0859. The average Bonchev–Trinajstić information content (AvgIpc) is 2.31. The lowest BCUT2D eigenvalue weighted by Crippen LogP contribution is -2.36. The number of pyridine rings is 1. The van der Waals surface area contributed by atoms with E-state index in [9.17, 15) is 16.8 Å². The molecule has 2 heterocycles. The van der Waals surface area contributed by atoms with E-state index < -0.39 is 25.1 Å². The fourth-order valence-electron chi connectivity index (χ4n) is 1.86. The van der Waals surface area contributed by atoms with Gasteiger partial charge in [-0.15, -0.1) is 0 Å². The van der Waals surface area contributed by atoms with E-state index in [1.165, 1.54) is 18.3 Å². The van der Waals surface area contributed by atoms with Gasteiger partial charge in [0.2, 0.25) is 10.0 Å². The van der Waals surface area contributed by atoms with Crippen molar-refractivity contribution < 1.29 is 16.8 Å². The summed E-state index contributed by atoms with van der Waals surface area (Å²) >= 11 is 5.61. The summed E-state index contributed by atoms with van der Waals surface area (Å²) in [4.78, 5) is 3.77. The fourth-order valence-corrected chi connectivity index (χ4v) is 5.24. The molecule has 0 aliphatic carbocycles. The predicted octanol–water partition coefficient (Wildman–Crippen LogP) is 1.05. The van der Waals surface area contributed by atoms with Crippen molar-refractivity contribution in [3.8, 4) is 0 Å². The number of sulfone groups is 1. The van der Waals surface area contributed by atoms with Crippen LogP contribution in [0.3, 0.4) is 0 Å². The van der Waals surface area contributed by atoms with Crippen molar-refractivity contribution in [2.75, 3.05) is 16.2 Å². The molecule has 0 bridgehead atoms. The summed E-state index contributed by atoms with van der Waals surface area (Å²) in [5, 5.41) is -0.418. The number of hydrogen-bond acceptors (Lipinski definition) is 5. The zero-order valence-corrected chi connectivity index (χ0v) is 12.3. The molecule has 1 aliphatic rings. The molecule has 1 N–H and O–H groups in total. The monoisotopic (exact) mass is 324 g/mol. The molecule has 6 nitrogen and oxygen atoms in total. The van der Waals surface area contributed by atoms with Gasteiger partial charge in [0.25, 0.3) is 0 Å². The third kappa shape index (κ3) is 3.80. The van der Waals surface area contributed by atoms with Gasteiger partial charge >= 0.3 is 0 Å². The Labute approximate surface area is 117 Å². The van der Waals surface area contributed by atoms with Crippen molar-refractivity contribution in [2.24, 2.45) is 0 Å². The molecule has 106 valence electrons. The van der Waals surface area contributed by atoms with Crippen LogP contribution in [0.15, 0.2) is 18.3 Å². The zero-order chi connectivity index (χ0) is 14.1. The summed E-state index contributed by atoms with van der Waals surface area (Å²) < 4.78 is 49.1. The average molecular weight is 325 g/mol. The third-order valence-corrected chi connectivity index (χ3v) is 6.74. The summed E-state index contributed by atoms with van der Waals surface area (Å²) in [6.07, 6.45) is 1.57. The Hall–Kier alpha value is -0.860. The van der Waals surface area contributed by atoms with Crippen molar-refractivity contribution in [1.29, 1.82) is 0 Å². The minimum atomic E-state index is -3.60. The highest BCUT2D eigenvalue weighted by molar-refractivity contribution is 7.94. The van der Waals surface area contributed by atoms with Crippen molar-refractivity contribution in [1.82, 2.24) is 4.98 Å². The summed E-state index contributed by atoms with van der Waals surface area (Å²) in [5.74, 6) is -0.172. The molecule has 0 amide bonds. The molecule has 2 rings (SSSR count). The zero-order valence-electron chi connectivity index (χ0n) is 9.91. The van der Waals surface area contributed by atoms with Crippen LogP contribution in [-0.2, 0) is 19.9 Å². The highest BCUT2D eigenvalue weighted by Crippen LogP contribution is 2.21. The normalized spacial score (nSPS) is 20.1. The smallest absolute Gasteiger partial charge is 0.235 e. The first-order valence-corrected chi connectivity index (χ1v) is 9.37. The maximum absolute atomic E-state index is 12.1. The summed E-state index contributed by atoms with van der Waals surface area (Å²) in [6, 6.07) is 2.98. The maximum Gasteiger partial charge on any atom is 0.235 e. The predicted molar refractivity (Wildman–Crippen MR) is 73.5 cm³/mol. The van der Waals surface area contributed by atoms with Crippen LogP contribution in [0, 0.1) is 0 Å². The van der Waals surface area contributed by atoms with Crippen LogP contribution in [0.25, 0.3) is 0 Å². The van der Waals surface area contributed by atoms with Gasteiger partial charge in [0.05, 0.1) is 28.6 Å². The Kier molecular flexibility index (Phi) is 4.03. The Balaban J connectivity index is 2.09. The van der Waals surface area contributed by atoms with E-state index in [0.29, 0.717) is 5.69 Å². The molecular weight excluding hydrogens is 312 g/mol. The largest absolute Gasteiger partial charge is 0.282 e. The van der Waals surface area contributed by atoms with Crippen LogP contribution in [0.1, 0.15) is 12.8 Å². The van der Waals surface area contributed by atoms with Gasteiger partial charge < -0.3 is 0 Å². The van der Waals surface area contributed by atoms with Gasteiger partial charge in [0.15, 0.2) is 0 Å². The van der Waals surface area contributed by atoms with Gasteiger partial charge in [-0.05, 0) is 25.0 Å². The SMILES string of the molecule is O=S1(=O)CCC(S(=O)(=O)Nc2ccc(Cl)nc2)CC1. The second-order valence-electron chi connectivity index (χ2n) is 4.37. The highest BCUT2D eigenvalue weighted by atomic mass is 35.5. The van der Waals surface area contributed by atoms with Gasteiger partial charge in [-0.2, -0.15) is 0 Å². The molecule has 0 aromatic carbocycles. The second-order valence-corrected chi connectivity index (χ2v) is 9.02. The first-order valence-electron chi connectivity index (χ1n) is 5.62. The number of nitrogens with zero attached hydrogens (tertiary/aromatic N) is 1. The highest BCUT2D eigenvalue weighted by Gasteiger charge is 2.32. The lowest BCUT2D eigenvalue weighted by molar-refractivity contribution is 0.555. The molecule has 0 saturated carbocycles. The van der Waals surface area contributed by atoms with E-state index in [-0.39, 0.29) is 29.5 Å². The van der Waals surface area contributed by atoms with Crippen molar-refractivity contribution in [3.63, 3.8) is 0 Å². The van der Waals surface area contributed by atoms with E-state index in [0.717, 1.165) is 0 Å². The first kappa shape index (κ1) is 14.5. The fraction of sp³-hybridized carbons (Fsp3) is 0.500. The Morgan fingerprint density at radius 1 is 1.26 bits per heavy atom. The molecule has 1 aliphatic heterocycles. The molecule has 1 aromatic rings. The maximum atomic E-state index is 12.1. The molecule has 1 saturated heterocycles. The number of sulfonamides is 1. The summed E-state index contributed by atoms with van der Waals surface area (Å²) in [7, 11) is -6.67. The molecular formula is C10H13ClN2O4S2. The number of rotatable bonds is 3. The van der Waals surface area contributed by atoms with E-state index in [1.54, 1.807) is 0 Å². The van der Waals surface area contributed by atoms with Gasteiger partial charge in [-0.1, -0.05) is 11.6 Å². The summed E-state index contributed by atoms with van der Waals surface area (Å²) in [5.41, 5.74) is 0.317. The minimum Gasteiger partial charge on any atom is -0.282 e. The Morgan fingerprint density at radius 3 is 2.42 bits per heavy atom. The lowest BCUT2D eigenvalue weighted by atomic mass is 10.2. The van der Waals surface area contributed by atoms with E-state index in [4.69, 9.17) is 11.6 Å². The standard InChI is InChI=1S/C10H13ClN2O4S2/c11-10-2-1-8(7-12-10)13-19(16,17)9-3-5-18(14,15)6-4-9/h1-2,7,9,13H,3-6H2. The Bertz CT molecular complexity index is 641. The second kappa shape index (κ2) is 5.26. The van der Waals surface area contributed by atoms with Crippen LogP contribution in [0.2, 0.25) is 5.15 Å². The summed E-state index contributed by atoms with van der Waals surface area (Å²) in [6.45, 7) is 0. The van der Waals surface area contributed by atoms with Gasteiger partial charge in [0, 0.05) is 0 Å². The van der Waals surface area contributed by atoms with E-state index >= 15 is 0 Å². The Morgan fingerprint density at radius 2 is 1.89 bits per heavy atom. The lowest BCUT2D eigenvalue weighted by Gasteiger charge is -2.22. The van der Waals surface area contributed by atoms with Crippen LogP contribution in [0.5, 0.6) is 0 Å². The van der Waals surface area contributed by atoms with Gasteiger partial charge in [-0.3, -0.25) is 4.72 Å². The first-order chi connectivity index (χ1) is 8.78. The molecule has 1 aromatic heterocycles. The molecule has 0 unspecified atom stereocenters. The van der Waals surface area contributed by atoms with E-state index in [1.807, 2.05) is 0 Å². The molecule has 1 fully saturated rings. The molecule has 19 heavy (non-hydrogen) atoms. The quantitative estimate of drug-likeness (QED) is 0.839. The number of anilines is 1. The van der Waals surface area contributed by atoms with Crippen LogP contribution in [0.4, 0.5) is 5.69 Å². The van der Waals surface area contributed by atoms with Crippen LogP contribution in [-0.4, -0.2) is 38.6 Å². The van der Waals surface area contributed by atoms with Crippen molar-refractivity contribution in [2.45, 2.75) is 18.1 Å². The van der Waals surface area contributed by atoms with Crippen LogP contribution < -0.4 is 4.72 Å². The number of nitrogens with one attached hydrogen (secondary N) is 1. The molecule has 0 atom stereocenters. The van der Waals surface area contributed by atoms with Gasteiger partial charge in [0.1, 0.15) is 15.0 Å². The molecule has 0 spiro atoms. The van der Waals surface area contributed by atoms with E-state index in [2.05, 4.69) is 9.71 Å². The number of halogens is 1. The van der Waals surface area contributed by atoms with Crippen molar-refractivity contribution in [3.05, 3.63) is 23.5 Å². The number of aromatic nitrogens is 1. The van der Waals surface area contributed by atoms with Crippen molar-refractivity contribution >= 4 is 37.1 Å². The molecule has 0 radical (unpaired) electrons.